The van der Waals surface area contributed by atoms with Gasteiger partial charge in [0.1, 0.15) is 0 Å². The van der Waals surface area contributed by atoms with Crippen LogP contribution in [0.1, 0.15) is 6.92 Å². The summed E-state index contributed by atoms with van der Waals surface area (Å²) in [5.74, 6) is -0.484. The Morgan fingerprint density at radius 1 is 1.48 bits per heavy atom. The molecule has 0 rings (SSSR count). The molecule has 0 heterocycles. The molecule has 21 heavy (non-hydrogen) atoms. The van der Waals surface area contributed by atoms with Gasteiger partial charge in [0.2, 0.25) is 0 Å². The summed E-state index contributed by atoms with van der Waals surface area (Å²) < 4.78 is 26.1. The van der Waals surface area contributed by atoms with Gasteiger partial charge in [0.25, 0.3) is 16.0 Å². The van der Waals surface area contributed by atoms with E-state index >= 15 is 0 Å². The minimum atomic E-state index is -3.49. The molecule has 0 radical (unpaired) electrons. The van der Waals surface area contributed by atoms with Crippen molar-refractivity contribution < 1.29 is 28.0 Å². The van der Waals surface area contributed by atoms with Gasteiger partial charge in [-0.3, -0.25) is 9.59 Å². The van der Waals surface area contributed by atoms with Gasteiger partial charge in [0.05, 0.1) is 12.9 Å². The lowest BCUT2D eigenvalue weighted by molar-refractivity contribution is -0.155. The Kier molecular flexibility index (Phi) is 12.9. The maximum Gasteiger partial charge on any atom is 0.264 e. The molecule has 11 heteroatoms. The van der Waals surface area contributed by atoms with Crippen LogP contribution in [0.5, 0.6) is 0 Å². The van der Waals surface area contributed by atoms with Crippen LogP contribution < -0.4 is 10.8 Å². The van der Waals surface area contributed by atoms with Crippen molar-refractivity contribution in [2.45, 2.75) is 13.0 Å². The van der Waals surface area contributed by atoms with Crippen molar-refractivity contribution in [3.8, 4) is 0 Å². The maximum absolute atomic E-state index is 10.8. The van der Waals surface area contributed by atoms with Gasteiger partial charge < -0.3 is 20.8 Å². The van der Waals surface area contributed by atoms with Crippen LogP contribution in [0.4, 0.5) is 0 Å². The average Bonchev–Trinajstić information content (AvgIpc) is 2.40. The topological polar surface area (TPSA) is 165 Å². The zero-order chi connectivity index (χ0) is 16.9. The Labute approximate surface area is 123 Å². The van der Waals surface area contributed by atoms with Crippen LogP contribution in [-0.4, -0.2) is 63.5 Å². The van der Waals surface area contributed by atoms with Crippen LogP contribution in [0.25, 0.3) is 0 Å². The highest BCUT2D eigenvalue weighted by atomic mass is 32.2. The third-order valence-electron chi connectivity index (χ3n) is 1.84. The van der Waals surface area contributed by atoms with Gasteiger partial charge in [0, 0.05) is 31.4 Å². The third-order valence-corrected chi connectivity index (χ3v) is 2.40. The van der Waals surface area contributed by atoms with E-state index < -0.39 is 16.0 Å². The molecule has 0 fully saturated rings. The summed E-state index contributed by atoms with van der Waals surface area (Å²) >= 11 is 0. The molecule has 0 aliphatic rings. The van der Waals surface area contributed by atoms with Crippen molar-refractivity contribution in [1.82, 2.24) is 10.8 Å². The minimum Gasteiger partial charge on any atom is -0.320 e. The Morgan fingerprint density at radius 2 is 2.00 bits per heavy atom. The summed E-state index contributed by atoms with van der Waals surface area (Å²) in [4.78, 5) is 3.76. The van der Waals surface area contributed by atoms with Crippen molar-refractivity contribution in [2.75, 3.05) is 26.5 Å². The van der Waals surface area contributed by atoms with E-state index in [-0.39, 0.29) is 24.8 Å². The molecule has 0 bridgehead atoms. The second kappa shape index (κ2) is 12.4. The predicted octanol–water partition coefficient (Wildman–Crippen LogP) is -0.421. The van der Waals surface area contributed by atoms with Crippen LogP contribution >= 0.6 is 0 Å². The first-order chi connectivity index (χ1) is 9.71. The summed E-state index contributed by atoms with van der Waals surface area (Å²) in [6.07, 6.45) is 3.17. The zero-order valence-corrected chi connectivity index (χ0v) is 12.9. The molecule has 10 nitrogen and oxygen atoms in total. The zero-order valence-electron chi connectivity index (χ0n) is 12.1. The fourth-order valence-corrected chi connectivity index (χ4v) is 1.39. The molecular formula is C10H22N4O6S. The van der Waals surface area contributed by atoms with Crippen LogP contribution in [0.3, 0.4) is 0 Å². The molecule has 0 aliphatic heterocycles. The molecule has 0 aromatic carbocycles. The summed E-state index contributed by atoms with van der Waals surface area (Å²) in [7, 11) is -2.06. The molecule has 0 aliphatic carbocycles. The normalized spacial score (nSPS) is 12.9. The molecule has 0 saturated carbocycles. The van der Waals surface area contributed by atoms with Gasteiger partial charge >= 0.3 is 0 Å². The van der Waals surface area contributed by atoms with Gasteiger partial charge in [-0.2, -0.15) is 8.42 Å². The second-order valence-corrected chi connectivity index (χ2v) is 5.42. The molecule has 1 atom stereocenters. The van der Waals surface area contributed by atoms with Crippen molar-refractivity contribution in [3.05, 3.63) is 11.6 Å². The van der Waals surface area contributed by atoms with E-state index in [1.54, 1.807) is 12.4 Å². The van der Waals surface area contributed by atoms with Crippen LogP contribution in [0.2, 0.25) is 0 Å². The number of rotatable bonds is 8. The molecule has 124 valence electrons. The van der Waals surface area contributed by atoms with E-state index in [0.717, 1.165) is 12.5 Å². The molecule has 6 N–H and O–H groups in total. The predicted molar refractivity (Wildman–Crippen MR) is 77.4 cm³/mol. The van der Waals surface area contributed by atoms with E-state index in [4.69, 9.17) is 21.3 Å². The molecule has 0 aromatic rings. The highest BCUT2D eigenvalue weighted by Crippen LogP contribution is 1.97. The number of allylic oxidation sites excluding steroid dienone is 1. The third kappa shape index (κ3) is 14.8. The lowest BCUT2D eigenvalue weighted by Gasteiger charge is -2.14. The van der Waals surface area contributed by atoms with E-state index in [1.165, 1.54) is 13.1 Å². The van der Waals surface area contributed by atoms with Crippen molar-refractivity contribution in [1.29, 1.82) is 10.8 Å². The second-order valence-electron chi connectivity index (χ2n) is 3.77. The van der Waals surface area contributed by atoms with Gasteiger partial charge in [0.15, 0.2) is 0 Å². The first-order valence-corrected chi connectivity index (χ1v) is 7.52. The highest BCUT2D eigenvalue weighted by Gasteiger charge is 2.10. The number of hydrogen-bond acceptors (Lipinski definition) is 10. The average molecular weight is 326 g/mol. The standard InChI is InChI=1S/C9H17N3O5S.CH5NO/c1-7(6-16-18(2,14)15)12-5-8(3-4-10)9(11)17-13;1-2-3/h3-4,7,10-13H,5-6H2,1-2H3;2-3H,1H3/b8-3-,10-4?,11-9?;. The maximum atomic E-state index is 10.8. The Hall–Kier alpha value is -1.37. The number of hydroxylamine groups is 1. The lowest BCUT2D eigenvalue weighted by atomic mass is 10.2. The van der Waals surface area contributed by atoms with E-state index in [1.807, 2.05) is 0 Å². The largest absolute Gasteiger partial charge is 0.320 e. The Bertz CT molecular complexity index is 437. The molecule has 0 saturated heterocycles. The van der Waals surface area contributed by atoms with E-state index in [2.05, 4.69) is 14.4 Å². The van der Waals surface area contributed by atoms with Crippen LogP contribution in [0, 0.1) is 10.8 Å². The fourth-order valence-electron chi connectivity index (χ4n) is 0.943. The van der Waals surface area contributed by atoms with Gasteiger partial charge in [-0.25, -0.2) is 10.7 Å². The van der Waals surface area contributed by atoms with Crippen LogP contribution in [-0.2, 0) is 19.2 Å². The van der Waals surface area contributed by atoms with Gasteiger partial charge in [-0.05, 0) is 13.0 Å². The van der Waals surface area contributed by atoms with Crippen molar-refractivity contribution in [2.24, 2.45) is 0 Å². The Morgan fingerprint density at radius 3 is 2.38 bits per heavy atom. The Balaban J connectivity index is 0. The summed E-state index contributed by atoms with van der Waals surface area (Å²) in [5, 5.41) is 32.6. The van der Waals surface area contributed by atoms with Gasteiger partial charge in [-0.15, -0.1) is 0 Å². The molecule has 0 aromatic heterocycles. The molecular weight excluding hydrogens is 304 g/mol. The molecule has 0 amide bonds. The smallest absolute Gasteiger partial charge is 0.264 e. The SMILES string of the molecule is CC(COS(C)(=O)=O)NC/C(=C/C=N)C(=N)OO.CNO. The van der Waals surface area contributed by atoms with Gasteiger partial charge in [-0.1, -0.05) is 0 Å². The van der Waals surface area contributed by atoms with Crippen molar-refractivity contribution >= 4 is 22.2 Å². The highest BCUT2D eigenvalue weighted by molar-refractivity contribution is 7.85. The quantitative estimate of drug-likeness (QED) is 0.115. The number of hydrogen-bond donors (Lipinski definition) is 6. The lowest BCUT2D eigenvalue weighted by Crippen LogP contribution is -2.34. The minimum absolute atomic E-state index is 0.0516. The summed E-state index contributed by atoms with van der Waals surface area (Å²) in [5.41, 5.74) is 2.00. The summed E-state index contributed by atoms with van der Waals surface area (Å²) in [6.45, 7) is 1.77. The molecule has 1 unspecified atom stereocenters. The first kappa shape index (κ1) is 21.9. The van der Waals surface area contributed by atoms with Crippen molar-refractivity contribution in [3.63, 3.8) is 0 Å². The molecule has 0 spiro atoms. The summed E-state index contributed by atoms with van der Waals surface area (Å²) in [6, 6.07) is -0.291. The van der Waals surface area contributed by atoms with E-state index in [0.29, 0.717) is 0 Å². The van der Waals surface area contributed by atoms with E-state index in [9.17, 15) is 8.42 Å². The fraction of sp³-hybridized carbons (Fsp3) is 0.600. The first-order valence-electron chi connectivity index (χ1n) is 5.70. The monoisotopic (exact) mass is 326 g/mol. The number of nitrogens with one attached hydrogen (secondary N) is 4. The van der Waals surface area contributed by atoms with Crippen LogP contribution in [0.15, 0.2) is 11.6 Å².